The molecular weight excluding hydrogens is 252 g/mol. The lowest BCUT2D eigenvalue weighted by Crippen LogP contribution is -2.35. The molecule has 0 spiro atoms. The Labute approximate surface area is 133 Å². The molecule has 3 aliphatic carbocycles. The maximum absolute atomic E-state index is 2.48. The van der Waals surface area contributed by atoms with Gasteiger partial charge in [-0.25, -0.2) is 0 Å². The van der Waals surface area contributed by atoms with Crippen LogP contribution < -0.4 is 0 Å². The van der Waals surface area contributed by atoms with Gasteiger partial charge in [0.15, 0.2) is 0 Å². The molecule has 0 N–H and O–H groups in total. The average Bonchev–Trinajstić information content (AvgIpc) is 2.52. The minimum atomic E-state index is 1.01. The van der Waals surface area contributed by atoms with E-state index in [0.29, 0.717) is 0 Å². The molecule has 3 rings (SSSR count). The van der Waals surface area contributed by atoms with Gasteiger partial charge in [0.2, 0.25) is 0 Å². The van der Waals surface area contributed by atoms with E-state index in [1.807, 2.05) is 0 Å². The van der Waals surface area contributed by atoms with Crippen molar-refractivity contribution in [1.29, 1.82) is 0 Å². The van der Waals surface area contributed by atoms with Crippen LogP contribution in [0.3, 0.4) is 0 Å². The molecule has 0 atom stereocenters. The smallest absolute Gasteiger partial charge is 0.0329 e. The van der Waals surface area contributed by atoms with Crippen LogP contribution in [0.25, 0.3) is 0 Å². The van der Waals surface area contributed by atoms with Gasteiger partial charge < -0.3 is 0 Å². The highest BCUT2D eigenvalue weighted by molar-refractivity contribution is 4.88. The summed E-state index contributed by atoms with van der Waals surface area (Å²) in [5, 5.41) is 0. The van der Waals surface area contributed by atoms with Crippen molar-refractivity contribution in [3.8, 4) is 0 Å². The molecule has 3 saturated carbocycles. The molecule has 122 valence electrons. The second-order valence-corrected chi connectivity index (χ2v) is 9.02. The van der Waals surface area contributed by atoms with Crippen LogP contribution in [0.1, 0.15) is 97.3 Å². The fraction of sp³-hybridized carbons (Fsp3) is 1.00. The second kappa shape index (κ2) is 7.51. The van der Waals surface area contributed by atoms with Gasteiger partial charge in [-0.2, -0.15) is 0 Å². The number of hydrogen-bond acceptors (Lipinski definition) is 0. The van der Waals surface area contributed by atoms with E-state index in [9.17, 15) is 0 Å². The van der Waals surface area contributed by atoms with Crippen LogP contribution in [0.15, 0.2) is 0 Å². The molecule has 0 saturated heterocycles. The Kier molecular flexibility index (Phi) is 5.68. The lowest BCUT2D eigenvalue weighted by molar-refractivity contribution is 0.0528. The van der Waals surface area contributed by atoms with Crippen molar-refractivity contribution in [3.05, 3.63) is 0 Å². The summed E-state index contributed by atoms with van der Waals surface area (Å²) in [4.78, 5) is 0. The molecule has 0 aromatic carbocycles. The summed E-state index contributed by atoms with van der Waals surface area (Å²) < 4.78 is 0. The molecular formula is C21H38. The minimum absolute atomic E-state index is 1.01. The Morgan fingerprint density at radius 1 is 0.476 bits per heavy atom. The van der Waals surface area contributed by atoms with Gasteiger partial charge in [-0.05, 0) is 61.2 Å². The predicted molar refractivity (Wildman–Crippen MR) is 92.3 cm³/mol. The molecule has 0 aromatic rings. The van der Waals surface area contributed by atoms with Crippen LogP contribution in [0.2, 0.25) is 0 Å². The topological polar surface area (TPSA) is 0 Å². The highest BCUT2D eigenvalue weighted by Crippen LogP contribution is 2.48. The molecule has 0 nitrogen and oxygen atoms in total. The van der Waals surface area contributed by atoms with Crippen LogP contribution >= 0.6 is 0 Å². The van der Waals surface area contributed by atoms with Gasteiger partial charge >= 0.3 is 0 Å². The van der Waals surface area contributed by atoms with Gasteiger partial charge in [0.05, 0.1) is 0 Å². The Bertz CT molecular complexity index is 263. The molecule has 0 aromatic heterocycles. The summed E-state index contributed by atoms with van der Waals surface area (Å²) in [5.74, 6) is 6.45. The second-order valence-electron chi connectivity index (χ2n) is 9.02. The Morgan fingerprint density at radius 2 is 0.857 bits per heavy atom. The molecule has 0 aliphatic heterocycles. The summed E-state index contributed by atoms with van der Waals surface area (Å²) in [6.07, 6.45) is 20.1. The standard InChI is InChI=1S/C21H38/c1-16-8-12-19(13-9-16)21(18-6-4-3-5-7-18)20-14-10-17(2)11-15-20/h16-21H,3-15H2,1-2H3. The van der Waals surface area contributed by atoms with Gasteiger partial charge in [-0.1, -0.05) is 71.6 Å². The van der Waals surface area contributed by atoms with Crippen molar-refractivity contribution < 1.29 is 0 Å². The fourth-order valence-corrected chi connectivity index (χ4v) is 6.02. The summed E-state index contributed by atoms with van der Waals surface area (Å²) in [6, 6.07) is 0. The van der Waals surface area contributed by atoms with Crippen molar-refractivity contribution in [2.24, 2.45) is 35.5 Å². The summed E-state index contributed by atoms with van der Waals surface area (Å²) in [7, 11) is 0. The zero-order valence-corrected chi connectivity index (χ0v) is 14.7. The SMILES string of the molecule is CC1CCC(C(C2CCCCC2)C2CCC(C)CC2)CC1. The molecule has 21 heavy (non-hydrogen) atoms. The summed E-state index contributed by atoms with van der Waals surface area (Å²) >= 11 is 0. The van der Waals surface area contributed by atoms with E-state index in [4.69, 9.17) is 0 Å². The number of rotatable bonds is 3. The van der Waals surface area contributed by atoms with E-state index in [0.717, 1.165) is 35.5 Å². The van der Waals surface area contributed by atoms with Crippen molar-refractivity contribution >= 4 is 0 Å². The van der Waals surface area contributed by atoms with Crippen LogP contribution in [-0.2, 0) is 0 Å². The van der Waals surface area contributed by atoms with Crippen molar-refractivity contribution in [2.45, 2.75) is 97.3 Å². The van der Waals surface area contributed by atoms with Gasteiger partial charge in [0, 0.05) is 0 Å². The van der Waals surface area contributed by atoms with Crippen LogP contribution in [0, 0.1) is 35.5 Å². The molecule has 0 radical (unpaired) electrons. The molecule has 0 heterocycles. The lowest BCUT2D eigenvalue weighted by Gasteiger charge is -2.45. The zero-order chi connectivity index (χ0) is 14.7. The van der Waals surface area contributed by atoms with Crippen LogP contribution in [0.5, 0.6) is 0 Å². The van der Waals surface area contributed by atoms with Gasteiger partial charge in [0.1, 0.15) is 0 Å². The first-order valence-corrected chi connectivity index (χ1v) is 10.2. The quantitative estimate of drug-likeness (QED) is 0.534. The Morgan fingerprint density at radius 3 is 1.29 bits per heavy atom. The van der Waals surface area contributed by atoms with Crippen molar-refractivity contribution in [3.63, 3.8) is 0 Å². The van der Waals surface area contributed by atoms with Crippen molar-refractivity contribution in [2.75, 3.05) is 0 Å². The summed E-state index contributed by atoms with van der Waals surface area (Å²) in [6.45, 7) is 4.96. The first-order chi connectivity index (χ1) is 10.2. The number of hydrogen-bond donors (Lipinski definition) is 0. The minimum Gasteiger partial charge on any atom is -0.0625 e. The van der Waals surface area contributed by atoms with E-state index in [1.54, 1.807) is 38.5 Å². The average molecular weight is 291 g/mol. The van der Waals surface area contributed by atoms with E-state index < -0.39 is 0 Å². The highest BCUT2D eigenvalue weighted by Gasteiger charge is 2.38. The predicted octanol–water partition coefficient (Wildman–Crippen LogP) is 6.84. The summed E-state index contributed by atoms with van der Waals surface area (Å²) in [5.41, 5.74) is 0. The third-order valence-electron chi connectivity index (χ3n) is 7.40. The van der Waals surface area contributed by atoms with Gasteiger partial charge in [-0.15, -0.1) is 0 Å². The van der Waals surface area contributed by atoms with E-state index in [1.165, 1.54) is 44.9 Å². The largest absolute Gasteiger partial charge is 0.0625 e. The Balaban J connectivity index is 1.67. The third kappa shape index (κ3) is 4.05. The first-order valence-electron chi connectivity index (χ1n) is 10.2. The maximum atomic E-state index is 2.48. The molecule has 3 fully saturated rings. The molecule has 0 unspecified atom stereocenters. The first kappa shape index (κ1) is 15.9. The van der Waals surface area contributed by atoms with Crippen molar-refractivity contribution in [1.82, 2.24) is 0 Å². The zero-order valence-electron chi connectivity index (χ0n) is 14.7. The highest BCUT2D eigenvalue weighted by atomic mass is 14.4. The monoisotopic (exact) mass is 290 g/mol. The van der Waals surface area contributed by atoms with E-state index in [-0.39, 0.29) is 0 Å². The van der Waals surface area contributed by atoms with E-state index >= 15 is 0 Å². The van der Waals surface area contributed by atoms with Crippen LogP contribution in [0.4, 0.5) is 0 Å². The Hall–Kier alpha value is 0. The normalized spacial score (nSPS) is 40.9. The van der Waals surface area contributed by atoms with Gasteiger partial charge in [-0.3, -0.25) is 0 Å². The van der Waals surface area contributed by atoms with Gasteiger partial charge in [0.25, 0.3) is 0 Å². The molecule has 0 heteroatoms. The third-order valence-corrected chi connectivity index (χ3v) is 7.40. The maximum Gasteiger partial charge on any atom is -0.0329 e. The molecule has 0 amide bonds. The molecule has 3 aliphatic rings. The van der Waals surface area contributed by atoms with Crippen LogP contribution in [-0.4, -0.2) is 0 Å². The molecule has 0 bridgehead atoms. The van der Waals surface area contributed by atoms with E-state index in [2.05, 4.69) is 13.8 Å². The lowest BCUT2D eigenvalue weighted by atomic mass is 9.60. The fourth-order valence-electron chi connectivity index (χ4n) is 6.02.